The Kier molecular flexibility index (Phi) is 3.67. The average Bonchev–Trinajstić information content (AvgIpc) is 2.19. The smallest absolute Gasteiger partial charge is 0.126 e. The van der Waals surface area contributed by atoms with Crippen molar-refractivity contribution in [2.24, 2.45) is 0 Å². The fourth-order valence-electron chi connectivity index (χ4n) is 1.40. The number of halogens is 1. The van der Waals surface area contributed by atoms with Crippen LogP contribution in [0.25, 0.3) is 0 Å². The maximum Gasteiger partial charge on any atom is 0.126 e. The molecule has 14 heavy (non-hydrogen) atoms. The van der Waals surface area contributed by atoms with Crippen LogP contribution >= 0.6 is 0 Å². The Morgan fingerprint density at radius 3 is 2.86 bits per heavy atom. The molecule has 74 valence electrons. The molecule has 0 saturated carbocycles. The number of benzene rings is 1. The summed E-state index contributed by atoms with van der Waals surface area (Å²) in [5.41, 5.74) is 1.46. The van der Waals surface area contributed by atoms with E-state index in [-0.39, 0.29) is 11.9 Å². The SMILES string of the molecule is C#CC(NCC)c1cccc(F)c1C. The van der Waals surface area contributed by atoms with E-state index in [0.717, 1.165) is 12.1 Å². The lowest BCUT2D eigenvalue weighted by Crippen LogP contribution is -2.20. The van der Waals surface area contributed by atoms with Gasteiger partial charge in [-0.15, -0.1) is 6.42 Å². The predicted octanol–water partition coefficient (Wildman–Crippen LogP) is 2.42. The molecule has 0 bridgehead atoms. The normalized spacial score (nSPS) is 12.1. The highest BCUT2D eigenvalue weighted by atomic mass is 19.1. The van der Waals surface area contributed by atoms with Crippen molar-refractivity contribution in [1.29, 1.82) is 0 Å². The summed E-state index contributed by atoms with van der Waals surface area (Å²) >= 11 is 0. The Morgan fingerprint density at radius 2 is 2.29 bits per heavy atom. The first-order valence-corrected chi connectivity index (χ1v) is 4.65. The van der Waals surface area contributed by atoms with Gasteiger partial charge in [-0.1, -0.05) is 25.0 Å². The Balaban J connectivity index is 3.05. The Hall–Kier alpha value is -1.33. The van der Waals surface area contributed by atoms with Gasteiger partial charge in [-0.3, -0.25) is 0 Å². The minimum atomic E-state index is -0.208. The number of hydrogen-bond donors (Lipinski definition) is 1. The van der Waals surface area contributed by atoms with E-state index in [1.165, 1.54) is 6.07 Å². The highest BCUT2D eigenvalue weighted by Gasteiger charge is 2.11. The van der Waals surface area contributed by atoms with Crippen LogP contribution < -0.4 is 5.32 Å². The molecule has 1 aromatic rings. The maximum atomic E-state index is 13.2. The second kappa shape index (κ2) is 4.78. The summed E-state index contributed by atoms with van der Waals surface area (Å²) in [7, 11) is 0. The van der Waals surface area contributed by atoms with Gasteiger partial charge in [0.1, 0.15) is 5.82 Å². The van der Waals surface area contributed by atoms with E-state index >= 15 is 0 Å². The van der Waals surface area contributed by atoms with Crippen molar-refractivity contribution in [2.75, 3.05) is 6.54 Å². The maximum absolute atomic E-state index is 13.2. The van der Waals surface area contributed by atoms with Crippen LogP contribution in [0.3, 0.4) is 0 Å². The Labute approximate surface area is 84.3 Å². The summed E-state index contributed by atoms with van der Waals surface area (Å²) in [4.78, 5) is 0. The zero-order chi connectivity index (χ0) is 10.6. The standard InChI is InChI=1S/C12H14FN/c1-4-12(14-5-2)10-7-6-8-11(13)9(10)3/h1,6-8,12,14H,5H2,2-3H3. The minimum absolute atomic E-state index is 0.198. The summed E-state index contributed by atoms with van der Waals surface area (Å²) in [5, 5.41) is 3.11. The van der Waals surface area contributed by atoms with E-state index < -0.39 is 0 Å². The third-order valence-corrected chi connectivity index (χ3v) is 2.20. The van der Waals surface area contributed by atoms with Gasteiger partial charge in [0.2, 0.25) is 0 Å². The van der Waals surface area contributed by atoms with Gasteiger partial charge in [0.05, 0.1) is 6.04 Å². The molecule has 0 aromatic heterocycles. The second-order valence-corrected chi connectivity index (χ2v) is 3.11. The predicted molar refractivity (Wildman–Crippen MR) is 56.4 cm³/mol. The van der Waals surface area contributed by atoms with Gasteiger partial charge in [0.25, 0.3) is 0 Å². The molecular weight excluding hydrogens is 177 g/mol. The number of nitrogens with one attached hydrogen (secondary N) is 1. The van der Waals surface area contributed by atoms with Crippen LogP contribution in [0.1, 0.15) is 24.1 Å². The van der Waals surface area contributed by atoms with Gasteiger partial charge < -0.3 is 5.32 Å². The fraction of sp³-hybridized carbons (Fsp3) is 0.333. The Bertz CT molecular complexity index is 352. The topological polar surface area (TPSA) is 12.0 Å². The van der Waals surface area contributed by atoms with Crippen LogP contribution in [0.4, 0.5) is 4.39 Å². The van der Waals surface area contributed by atoms with Crippen LogP contribution in [0.5, 0.6) is 0 Å². The summed E-state index contributed by atoms with van der Waals surface area (Å²) in [6, 6.07) is 4.78. The van der Waals surface area contributed by atoms with Crippen LogP contribution in [0.15, 0.2) is 18.2 Å². The number of rotatable bonds is 3. The van der Waals surface area contributed by atoms with Gasteiger partial charge in [0, 0.05) is 0 Å². The molecule has 0 spiro atoms. The summed E-state index contributed by atoms with van der Waals surface area (Å²) < 4.78 is 13.2. The van der Waals surface area contributed by atoms with Gasteiger partial charge in [-0.2, -0.15) is 0 Å². The Morgan fingerprint density at radius 1 is 1.57 bits per heavy atom. The third-order valence-electron chi connectivity index (χ3n) is 2.20. The fourth-order valence-corrected chi connectivity index (χ4v) is 1.40. The molecule has 1 aromatic carbocycles. The quantitative estimate of drug-likeness (QED) is 0.723. The number of hydrogen-bond acceptors (Lipinski definition) is 1. The molecule has 0 aliphatic rings. The van der Waals surface area contributed by atoms with E-state index in [4.69, 9.17) is 6.42 Å². The van der Waals surface area contributed by atoms with Crippen molar-refractivity contribution < 1.29 is 4.39 Å². The molecule has 0 saturated heterocycles. The van der Waals surface area contributed by atoms with Crippen LogP contribution in [-0.2, 0) is 0 Å². The lowest BCUT2D eigenvalue weighted by molar-refractivity contribution is 0.603. The van der Waals surface area contributed by atoms with Gasteiger partial charge in [-0.25, -0.2) is 4.39 Å². The van der Waals surface area contributed by atoms with Gasteiger partial charge in [-0.05, 0) is 30.7 Å². The second-order valence-electron chi connectivity index (χ2n) is 3.11. The van der Waals surface area contributed by atoms with Crippen LogP contribution in [0, 0.1) is 25.1 Å². The molecule has 0 aliphatic carbocycles. The average molecular weight is 191 g/mol. The molecule has 0 amide bonds. The van der Waals surface area contributed by atoms with Crippen LogP contribution in [0.2, 0.25) is 0 Å². The molecule has 2 heteroatoms. The molecule has 1 rings (SSSR count). The number of terminal acetylenes is 1. The first-order valence-electron chi connectivity index (χ1n) is 4.65. The van der Waals surface area contributed by atoms with E-state index in [2.05, 4.69) is 11.2 Å². The lowest BCUT2D eigenvalue weighted by atomic mass is 10.0. The minimum Gasteiger partial charge on any atom is -0.300 e. The highest BCUT2D eigenvalue weighted by molar-refractivity contribution is 5.34. The van der Waals surface area contributed by atoms with Crippen molar-refractivity contribution in [3.8, 4) is 12.3 Å². The van der Waals surface area contributed by atoms with E-state index in [1.54, 1.807) is 13.0 Å². The van der Waals surface area contributed by atoms with Crippen molar-refractivity contribution in [3.05, 3.63) is 35.1 Å². The molecule has 0 aliphatic heterocycles. The van der Waals surface area contributed by atoms with E-state index in [1.807, 2.05) is 13.0 Å². The summed E-state index contributed by atoms with van der Waals surface area (Å²) in [5.74, 6) is 2.40. The first-order chi connectivity index (χ1) is 6.70. The molecule has 1 unspecified atom stereocenters. The summed E-state index contributed by atoms with van der Waals surface area (Å²) in [6.07, 6.45) is 5.37. The first kappa shape index (κ1) is 10.7. The van der Waals surface area contributed by atoms with Crippen LogP contribution in [-0.4, -0.2) is 6.54 Å². The molecule has 1 nitrogen and oxygen atoms in total. The lowest BCUT2D eigenvalue weighted by Gasteiger charge is -2.14. The van der Waals surface area contributed by atoms with Crippen molar-refractivity contribution in [3.63, 3.8) is 0 Å². The van der Waals surface area contributed by atoms with Crippen molar-refractivity contribution in [1.82, 2.24) is 5.32 Å². The molecule has 0 fully saturated rings. The monoisotopic (exact) mass is 191 g/mol. The summed E-state index contributed by atoms with van der Waals surface area (Å²) in [6.45, 7) is 4.48. The highest BCUT2D eigenvalue weighted by Crippen LogP contribution is 2.19. The van der Waals surface area contributed by atoms with Crippen molar-refractivity contribution in [2.45, 2.75) is 19.9 Å². The molecular formula is C12H14FN. The van der Waals surface area contributed by atoms with Crippen molar-refractivity contribution >= 4 is 0 Å². The third kappa shape index (κ3) is 2.12. The zero-order valence-electron chi connectivity index (χ0n) is 8.47. The van der Waals surface area contributed by atoms with Gasteiger partial charge in [0.15, 0.2) is 0 Å². The molecule has 1 N–H and O–H groups in total. The van der Waals surface area contributed by atoms with E-state index in [9.17, 15) is 4.39 Å². The van der Waals surface area contributed by atoms with E-state index in [0.29, 0.717) is 5.56 Å². The molecule has 0 radical (unpaired) electrons. The van der Waals surface area contributed by atoms with Gasteiger partial charge >= 0.3 is 0 Å². The zero-order valence-corrected chi connectivity index (χ0v) is 8.47. The molecule has 0 heterocycles. The largest absolute Gasteiger partial charge is 0.300 e. The molecule has 1 atom stereocenters.